The van der Waals surface area contributed by atoms with Gasteiger partial charge in [-0.2, -0.15) is 10.2 Å². The van der Waals surface area contributed by atoms with E-state index in [1.165, 1.54) is 24.3 Å². The number of nitrogens with one attached hydrogen (secondary N) is 1. The van der Waals surface area contributed by atoms with E-state index in [2.05, 4.69) is 15.5 Å². The Morgan fingerprint density at radius 1 is 1.04 bits per heavy atom. The third-order valence-electron chi connectivity index (χ3n) is 3.11. The Labute approximate surface area is 151 Å². The first-order chi connectivity index (χ1) is 12.2. The number of benzene rings is 2. The van der Waals surface area contributed by atoms with Gasteiger partial charge in [-0.15, -0.1) is 0 Å². The number of alkyl carbamates (subject to hydrolysis) is 1. The Morgan fingerprint density at radius 2 is 1.54 bits per heavy atom. The number of hydrogen-bond acceptors (Lipinski definition) is 6. The molecule has 2 rings (SSSR count). The van der Waals surface area contributed by atoms with Crippen LogP contribution in [-0.4, -0.2) is 16.6 Å². The van der Waals surface area contributed by atoms with Crippen LogP contribution >= 0.6 is 0 Å². The highest BCUT2D eigenvalue weighted by Gasteiger charge is 2.15. The van der Waals surface area contributed by atoms with Crippen molar-refractivity contribution >= 4 is 23.2 Å². The second kappa shape index (κ2) is 8.19. The van der Waals surface area contributed by atoms with E-state index >= 15 is 0 Å². The molecule has 0 aromatic heterocycles. The molecule has 0 unspecified atom stereocenters. The standard InChI is InChI=1S/C18H20N4O4/c1-18(2,3)26-17(23)19-12-13-4-6-14(7-5-13)20-21-15-8-10-16(11-9-15)22(24)25/h4-11H,12H2,1-3H3,(H,19,23). The topological polar surface area (TPSA) is 106 Å². The smallest absolute Gasteiger partial charge is 0.407 e. The Balaban J connectivity index is 1.90. The van der Waals surface area contributed by atoms with Crippen LogP contribution in [0.3, 0.4) is 0 Å². The van der Waals surface area contributed by atoms with Crippen molar-refractivity contribution in [1.82, 2.24) is 5.32 Å². The van der Waals surface area contributed by atoms with E-state index in [1.807, 2.05) is 12.1 Å². The number of nitro benzene ring substituents is 1. The summed E-state index contributed by atoms with van der Waals surface area (Å²) in [5, 5.41) is 21.4. The molecule has 1 N–H and O–H groups in total. The minimum atomic E-state index is -0.536. The number of amides is 1. The maximum Gasteiger partial charge on any atom is 0.407 e. The molecule has 8 heteroatoms. The summed E-state index contributed by atoms with van der Waals surface area (Å²) in [5.74, 6) is 0. The molecule has 0 radical (unpaired) electrons. The number of azo groups is 1. The van der Waals surface area contributed by atoms with E-state index in [9.17, 15) is 14.9 Å². The van der Waals surface area contributed by atoms with Crippen molar-refractivity contribution in [2.45, 2.75) is 32.9 Å². The summed E-state index contributed by atoms with van der Waals surface area (Å²) in [5.41, 5.74) is 1.51. The lowest BCUT2D eigenvalue weighted by Crippen LogP contribution is -2.32. The summed E-state index contributed by atoms with van der Waals surface area (Å²) < 4.78 is 5.17. The van der Waals surface area contributed by atoms with Crippen LogP contribution in [0.15, 0.2) is 58.8 Å². The van der Waals surface area contributed by atoms with Crippen LogP contribution in [0.25, 0.3) is 0 Å². The molecule has 136 valence electrons. The van der Waals surface area contributed by atoms with Crippen molar-refractivity contribution in [3.05, 3.63) is 64.2 Å². The van der Waals surface area contributed by atoms with Gasteiger partial charge in [0.05, 0.1) is 16.3 Å². The lowest BCUT2D eigenvalue weighted by atomic mass is 10.2. The number of rotatable bonds is 5. The first-order valence-corrected chi connectivity index (χ1v) is 7.95. The van der Waals surface area contributed by atoms with Gasteiger partial charge in [0.25, 0.3) is 5.69 Å². The second-order valence-corrected chi connectivity index (χ2v) is 6.50. The van der Waals surface area contributed by atoms with Crippen molar-refractivity contribution < 1.29 is 14.5 Å². The van der Waals surface area contributed by atoms with Crippen LogP contribution in [0.4, 0.5) is 21.9 Å². The summed E-state index contributed by atoms with van der Waals surface area (Å²) in [6.45, 7) is 5.75. The van der Waals surface area contributed by atoms with Crippen LogP contribution in [0.2, 0.25) is 0 Å². The fraction of sp³-hybridized carbons (Fsp3) is 0.278. The summed E-state index contributed by atoms with van der Waals surface area (Å²) >= 11 is 0. The third kappa shape index (κ3) is 6.31. The summed E-state index contributed by atoms with van der Waals surface area (Å²) in [6, 6.07) is 13.0. The van der Waals surface area contributed by atoms with E-state index in [-0.39, 0.29) is 5.69 Å². The Hall–Kier alpha value is -3.29. The van der Waals surface area contributed by atoms with Crippen molar-refractivity contribution in [2.24, 2.45) is 10.2 Å². The van der Waals surface area contributed by atoms with Gasteiger partial charge in [0, 0.05) is 18.7 Å². The minimum absolute atomic E-state index is 0.00536. The molecule has 0 aliphatic rings. The molecule has 0 saturated carbocycles. The van der Waals surface area contributed by atoms with Crippen molar-refractivity contribution in [1.29, 1.82) is 0 Å². The van der Waals surface area contributed by atoms with E-state index in [4.69, 9.17) is 4.74 Å². The molecular weight excluding hydrogens is 336 g/mol. The second-order valence-electron chi connectivity index (χ2n) is 6.50. The van der Waals surface area contributed by atoms with Gasteiger partial charge >= 0.3 is 6.09 Å². The number of non-ortho nitro benzene ring substituents is 1. The molecule has 0 heterocycles. The lowest BCUT2D eigenvalue weighted by molar-refractivity contribution is -0.384. The van der Waals surface area contributed by atoms with Crippen molar-refractivity contribution in [3.8, 4) is 0 Å². The Morgan fingerprint density at radius 3 is 2.00 bits per heavy atom. The number of hydrogen-bond donors (Lipinski definition) is 1. The molecule has 0 fully saturated rings. The van der Waals surface area contributed by atoms with Gasteiger partial charge in [0.1, 0.15) is 5.60 Å². The highest BCUT2D eigenvalue weighted by molar-refractivity contribution is 5.67. The zero-order valence-corrected chi connectivity index (χ0v) is 14.8. The molecular formula is C18H20N4O4. The third-order valence-corrected chi connectivity index (χ3v) is 3.11. The van der Waals surface area contributed by atoms with E-state index < -0.39 is 16.6 Å². The van der Waals surface area contributed by atoms with Crippen LogP contribution in [0.1, 0.15) is 26.3 Å². The van der Waals surface area contributed by atoms with Crippen LogP contribution in [-0.2, 0) is 11.3 Å². The number of nitrogens with zero attached hydrogens (tertiary/aromatic N) is 3. The summed E-state index contributed by atoms with van der Waals surface area (Å²) in [6.07, 6.45) is -0.473. The quantitative estimate of drug-likeness (QED) is 0.460. The van der Waals surface area contributed by atoms with E-state index in [0.717, 1.165) is 5.56 Å². The average molecular weight is 356 g/mol. The molecule has 0 saturated heterocycles. The maximum absolute atomic E-state index is 11.6. The maximum atomic E-state index is 11.6. The number of ether oxygens (including phenoxy) is 1. The van der Waals surface area contributed by atoms with Gasteiger partial charge in [0.2, 0.25) is 0 Å². The van der Waals surface area contributed by atoms with Gasteiger partial charge in [-0.05, 0) is 50.6 Å². The van der Waals surface area contributed by atoms with E-state index in [1.54, 1.807) is 32.9 Å². The monoisotopic (exact) mass is 356 g/mol. The van der Waals surface area contributed by atoms with Gasteiger partial charge in [-0.25, -0.2) is 4.79 Å². The Bertz CT molecular complexity index is 793. The molecule has 26 heavy (non-hydrogen) atoms. The van der Waals surface area contributed by atoms with Crippen LogP contribution < -0.4 is 5.32 Å². The highest BCUT2D eigenvalue weighted by Crippen LogP contribution is 2.21. The number of carbonyl (C=O) groups excluding carboxylic acids is 1. The molecule has 0 aliphatic heterocycles. The lowest BCUT2D eigenvalue weighted by Gasteiger charge is -2.19. The van der Waals surface area contributed by atoms with Crippen LogP contribution in [0.5, 0.6) is 0 Å². The summed E-state index contributed by atoms with van der Waals surface area (Å²) in [4.78, 5) is 21.8. The van der Waals surface area contributed by atoms with Gasteiger partial charge in [0.15, 0.2) is 0 Å². The van der Waals surface area contributed by atoms with Gasteiger partial charge in [-0.3, -0.25) is 10.1 Å². The SMILES string of the molecule is CC(C)(C)OC(=O)NCc1ccc(N=Nc2ccc([N+](=O)[O-])cc2)cc1. The molecule has 2 aromatic carbocycles. The molecule has 2 aromatic rings. The molecule has 8 nitrogen and oxygen atoms in total. The van der Waals surface area contributed by atoms with Crippen LogP contribution in [0, 0.1) is 10.1 Å². The minimum Gasteiger partial charge on any atom is -0.444 e. The van der Waals surface area contributed by atoms with Gasteiger partial charge < -0.3 is 10.1 Å². The summed E-state index contributed by atoms with van der Waals surface area (Å²) in [7, 11) is 0. The normalized spacial score (nSPS) is 11.3. The average Bonchev–Trinajstić information content (AvgIpc) is 2.58. The zero-order valence-electron chi connectivity index (χ0n) is 14.8. The first kappa shape index (κ1) is 19.0. The molecule has 0 bridgehead atoms. The highest BCUT2D eigenvalue weighted by atomic mass is 16.6. The number of nitro groups is 1. The predicted octanol–water partition coefficient (Wildman–Crippen LogP) is 5.03. The fourth-order valence-corrected chi connectivity index (χ4v) is 1.93. The molecule has 0 atom stereocenters. The first-order valence-electron chi connectivity index (χ1n) is 7.95. The predicted molar refractivity (Wildman–Crippen MR) is 96.8 cm³/mol. The Kier molecular flexibility index (Phi) is 6.00. The zero-order chi connectivity index (χ0) is 19.2. The number of carbonyl (C=O) groups is 1. The molecule has 1 amide bonds. The molecule has 0 spiro atoms. The van der Waals surface area contributed by atoms with Crippen molar-refractivity contribution in [3.63, 3.8) is 0 Å². The largest absolute Gasteiger partial charge is 0.444 e. The molecule has 0 aliphatic carbocycles. The fourth-order valence-electron chi connectivity index (χ4n) is 1.93. The van der Waals surface area contributed by atoms with Gasteiger partial charge in [-0.1, -0.05) is 12.1 Å². The van der Waals surface area contributed by atoms with Crippen molar-refractivity contribution in [2.75, 3.05) is 0 Å². The van der Waals surface area contributed by atoms with E-state index in [0.29, 0.717) is 17.9 Å².